The van der Waals surface area contributed by atoms with Crippen molar-refractivity contribution in [1.29, 1.82) is 0 Å². The highest BCUT2D eigenvalue weighted by molar-refractivity contribution is 7.22. The largest absolute Gasteiger partial charge is 0.507 e. The molecule has 5 aromatic rings. The van der Waals surface area contributed by atoms with Crippen molar-refractivity contribution in [3.05, 3.63) is 114 Å². The first-order valence-corrected chi connectivity index (χ1v) is 15.2. The Morgan fingerprint density at radius 2 is 1.59 bits per heavy atom. The van der Waals surface area contributed by atoms with E-state index in [0.29, 0.717) is 58.0 Å². The molecule has 44 heavy (non-hydrogen) atoms. The second-order valence-electron chi connectivity index (χ2n) is 10.1. The van der Waals surface area contributed by atoms with E-state index in [9.17, 15) is 14.7 Å². The number of carbonyl (C=O) groups is 2. The number of ether oxygens (including phenoxy) is 3. The van der Waals surface area contributed by atoms with Gasteiger partial charge in [0.2, 0.25) is 0 Å². The first kappa shape index (κ1) is 28.9. The van der Waals surface area contributed by atoms with Crippen LogP contribution >= 0.6 is 11.3 Å². The van der Waals surface area contributed by atoms with Crippen LogP contribution in [0.2, 0.25) is 0 Å². The molecule has 9 heteroatoms. The Morgan fingerprint density at radius 1 is 0.841 bits per heavy atom. The lowest BCUT2D eigenvalue weighted by atomic mass is 9.95. The van der Waals surface area contributed by atoms with Crippen molar-refractivity contribution in [1.82, 2.24) is 4.98 Å². The molecule has 1 saturated heterocycles. The molecule has 1 aromatic heterocycles. The van der Waals surface area contributed by atoms with Crippen molar-refractivity contribution in [3.63, 3.8) is 0 Å². The van der Waals surface area contributed by atoms with Crippen molar-refractivity contribution in [3.8, 4) is 23.0 Å². The molecule has 222 valence electrons. The fraction of sp³-hybridized carbons (Fsp3) is 0.171. The summed E-state index contributed by atoms with van der Waals surface area (Å²) in [5.41, 5.74) is 1.56. The van der Waals surface area contributed by atoms with Gasteiger partial charge in [0.15, 0.2) is 5.13 Å². The second kappa shape index (κ2) is 12.6. The van der Waals surface area contributed by atoms with Gasteiger partial charge >= 0.3 is 5.91 Å². The molecule has 1 unspecified atom stereocenters. The average Bonchev–Trinajstić information content (AvgIpc) is 3.58. The van der Waals surface area contributed by atoms with E-state index >= 15 is 0 Å². The molecule has 0 aliphatic carbocycles. The molecule has 0 saturated carbocycles. The fourth-order valence-corrected chi connectivity index (χ4v) is 6.10. The summed E-state index contributed by atoms with van der Waals surface area (Å²) in [6, 6.07) is 27.9. The number of carbonyl (C=O) groups excluding carboxylic acids is 2. The van der Waals surface area contributed by atoms with E-state index in [-0.39, 0.29) is 11.3 Å². The number of benzene rings is 4. The van der Waals surface area contributed by atoms with Crippen LogP contribution in [0.25, 0.3) is 16.0 Å². The normalized spacial score (nSPS) is 16.0. The standard InChI is InChI=1S/C35H30N2O6S/c1-3-18-42-25-14-9-11-23(20-25)32(38)30-31(22-10-8-15-27(19-22)43-24-12-6-5-7-13-24)37(34(40)33(30)39)35-36-28-17-16-26(41-4-2)21-29(28)44-35/h5-17,19-21,31,38H,3-4,18H2,1-2H3/b32-30+. The zero-order valence-electron chi connectivity index (χ0n) is 24.2. The Balaban J connectivity index is 1.49. The summed E-state index contributed by atoms with van der Waals surface area (Å²) in [6.07, 6.45) is 0.816. The van der Waals surface area contributed by atoms with Crippen LogP contribution in [-0.4, -0.2) is 35.0 Å². The maximum absolute atomic E-state index is 13.8. The summed E-state index contributed by atoms with van der Waals surface area (Å²) < 4.78 is 18.3. The molecule has 1 amide bonds. The number of ketones is 1. The minimum Gasteiger partial charge on any atom is -0.507 e. The molecule has 8 nitrogen and oxygen atoms in total. The minimum absolute atomic E-state index is 0.0474. The number of anilines is 1. The molecule has 0 spiro atoms. The van der Waals surface area contributed by atoms with E-state index < -0.39 is 17.7 Å². The van der Waals surface area contributed by atoms with E-state index in [1.54, 1.807) is 48.5 Å². The highest BCUT2D eigenvalue weighted by Gasteiger charge is 2.48. The lowest BCUT2D eigenvalue weighted by Gasteiger charge is -2.23. The lowest BCUT2D eigenvalue weighted by Crippen LogP contribution is -2.29. The van der Waals surface area contributed by atoms with E-state index in [1.165, 1.54) is 16.2 Å². The maximum atomic E-state index is 13.8. The van der Waals surface area contributed by atoms with Gasteiger partial charge in [-0.2, -0.15) is 0 Å². The molecule has 6 rings (SSSR count). The van der Waals surface area contributed by atoms with Gasteiger partial charge < -0.3 is 19.3 Å². The van der Waals surface area contributed by atoms with Crippen molar-refractivity contribution in [2.24, 2.45) is 0 Å². The summed E-state index contributed by atoms with van der Waals surface area (Å²) in [4.78, 5) is 33.6. The van der Waals surface area contributed by atoms with Gasteiger partial charge in [-0.1, -0.05) is 60.7 Å². The number of nitrogens with zero attached hydrogens (tertiary/aromatic N) is 2. The van der Waals surface area contributed by atoms with Crippen molar-refractivity contribution >= 4 is 44.1 Å². The predicted molar refractivity (Wildman–Crippen MR) is 171 cm³/mol. The lowest BCUT2D eigenvalue weighted by molar-refractivity contribution is -0.132. The second-order valence-corrected chi connectivity index (χ2v) is 11.1. The Labute approximate surface area is 258 Å². The predicted octanol–water partition coefficient (Wildman–Crippen LogP) is 7.90. The van der Waals surface area contributed by atoms with E-state index in [1.807, 2.05) is 62.4 Å². The molecule has 1 atom stereocenters. The van der Waals surface area contributed by atoms with Crippen LogP contribution in [0.1, 0.15) is 37.4 Å². The number of aromatic nitrogens is 1. The molecule has 1 N–H and O–H groups in total. The van der Waals surface area contributed by atoms with Crippen LogP contribution in [0, 0.1) is 0 Å². The number of Topliss-reactive ketones (excluding diaryl/α,β-unsaturated/α-hetero) is 1. The third kappa shape index (κ3) is 5.74. The number of aliphatic hydroxyl groups is 1. The van der Waals surface area contributed by atoms with Gasteiger partial charge in [-0.15, -0.1) is 0 Å². The molecule has 0 radical (unpaired) electrons. The highest BCUT2D eigenvalue weighted by atomic mass is 32.1. The number of rotatable bonds is 10. The van der Waals surface area contributed by atoms with Gasteiger partial charge in [-0.25, -0.2) is 4.98 Å². The number of aliphatic hydroxyl groups excluding tert-OH is 1. The molecular formula is C35H30N2O6S. The summed E-state index contributed by atoms with van der Waals surface area (Å²) >= 11 is 1.27. The summed E-state index contributed by atoms with van der Waals surface area (Å²) in [5.74, 6) is 0.496. The SMILES string of the molecule is CCCOc1cccc(/C(O)=C2\C(=O)C(=O)N(c3nc4ccc(OCC)cc4s3)C2c2cccc(Oc3ccccc3)c2)c1. The zero-order chi connectivity index (χ0) is 30.6. The van der Waals surface area contributed by atoms with Crippen LogP contribution in [0.15, 0.2) is 103 Å². The van der Waals surface area contributed by atoms with Crippen LogP contribution in [0.5, 0.6) is 23.0 Å². The van der Waals surface area contributed by atoms with Gasteiger partial charge in [0.1, 0.15) is 28.8 Å². The average molecular weight is 607 g/mol. The number of thiazole rings is 1. The number of amides is 1. The molecule has 2 heterocycles. The zero-order valence-corrected chi connectivity index (χ0v) is 25.0. The molecule has 0 bridgehead atoms. The number of hydrogen-bond acceptors (Lipinski definition) is 8. The molecule has 1 aliphatic heterocycles. The Bertz CT molecular complexity index is 1870. The van der Waals surface area contributed by atoms with Gasteiger partial charge in [0, 0.05) is 5.56 Å². The highest BCUT2D eigenvalue weighted by Crippen LogP contribution is 2.45. The molecule has 4 aromatic carbocycles. The smallest absolute Gasteiger partial charge is 0.301 e. The summed E-state index contributed by atoms with van der Waals surface area (Å²) in [6.45, 7) is 4.92. The number of para-hydroxylation sites is 1. The monoisotopic (exact) mass is 606 g/mol. The molecule has 1 fully saturated rings. The Morgan fingerprint density at radius 3 is 2.39 bits per heavy atom. The van der Waals surface area contributed by atoms with E-state index in [2.05, 4.69) is 0 Å². The number of hydrogen-bond donors (Lipinski definition) is 1. The summed E-state index contributed by atoms with van der Waals surface area (Å²) in [7, 11) is 0. The summed E-state index contributed by atoms with van der Waals surface area (Å²) in [5, 5.41) is 12.0. The van der Waals surface area contributed by atoms with Gasteiger partial charge in [0.05, 0.1) is 35.0 Å². The quantitative estimate of drug-likeness (QED) is 0.0980. The Kier molecular flexibility index (Phi) is 8.29. The first-order valence-electron chi connectivity index (χ1n) is 14.4. The molecule has 1 aliphatic rings. The van der Waals surface area contributed by atoms with Crippen LogP contribution in [0.4, 0.5) is 5.13 Å². The van der Waals surface area contributed by atoms with Gasteiger partial charge in [-0.3, -0.25) is 14.5 Å². The fourth-order valence-electron chi connectivity index (χ4n) is 5.08. The Hall–Kier alpha value is -5.15. The third-order valence-corrected chi connectivity index (χ3v) is 8.06. The minimum atomic E-state index is -0.971. The van der Waals surface area contributed by atoms with Gasteiger partial charge in [-0.05, 0) is 73.5 Å². The third-order valence-electron chi connectivity index (χ3n) is 7.04. The molecular weight excluding hydrogens is 576 g/mol. The topological polar surface area (TPSA) is 98.2 Å². The van der Waals surface area contributed by atoms with Crippen LogP contribution < -0.4 is 19.1 Å². The number of fused-ring (bicyclic) bond motifs is 1. The van der Waals surface area contributed by atoms with Gasteiger partial charge in [0.25, 0.3) is 5.78 Å². The van der Waals surface area contributed by atoms with E-state index in [4.69, 9.17) is 19.2 Å². The first-order chi connectivity index (χ1) is 21.5. The maximum Gasteiger partial charge on any atom is 0.301 e. The van der Waals surface area contributed by atoms with Crippen molar-refractivity contribution < 1.29 is 28.9 Å². The van der Waals surface area contributed by atoms with Crippen molar-refractivity contribution in [2.45, 2.75) is 26.3 Å². The van der Waals surface area contributed by atoms with E-state index in [0.717, 1.165) is 11.1 Å². The van der Waals surface area contributed by atoms with Crippen LogP contribution in [-0.2, 0) is 9.59 Å². The van der Waals surface area contributed by atoms with Crippen molar-refractivity contribution in [2.75, 3.05) is 18.1 Å². The van der Waals surface area contributed by atoms with Crippen LogP contribution in [0.3, 0.4) is 0 Å².